The molecular weight excluding hydrogens is 334 g/mol. The largest absolute Gasteiger partial charge is 0.444 e. The van der Waals surface area contributed by atoms with Gasteiger partial charge in [0, 0.05) is 6.54 Å². The first-order chi connectivity index (χ1) is 11.7. The number of aromatic nitrogens is 1. The predicted molar refractivity (Wildman–Crippen MR) is 103 cm³/mol. The molecule has 136 valence electrons. The third-order valence-corrected chi connectivity index (χ3v) is 4.54. The molecule has 1 heterocycles. The molecule has 2 aromatic rings. The van der Waals surface area contributed by atoms with Crippen LogP contribution in [0.15, 0.2) is 29.8 Å². The zero-order valence-electron chi connectivity index (χ0n) is 15.8. The molecule has 0 aliphatic carbocycles. The van der Waals surface area contributed by atoms with Gasteiger partial charge in [-0.2, -0.15) is 0 Å². The molecule has 25 heavy (non-hydrogen) atoms. The summed E-state index contributed by atoms with van der Waals surface area (Å²) < 4.78 is 5.39. The SMILES string of the molecule is Cc1ncsc1-c1ccc([C@H](CN(C)C)NC(=O)OC(C)(C)C)cc1. The van der Waals surface area contributed by atoms with Crippen LogP contribution in [0.1, 0.15) is 38.1 Å². The average Bonchev–Trinajstić information content (AvgIpc) is 2.90. The van der Waals surface area contributed by atoms with Gasteiger partial charge in [-0.05, 0) is 52.9 Å². The number of hydrogen-bond acceptors (Lipinski definition) is 5. The van der Waals surface area contributed by atoms with Gasteiger partial charge in [0.05, 0.1) is 22.1 Å². The summed E-state index contributed by atoms with van der Waals surface area (Å²) in [5.74, 6) is 0. The van der Waals surface area contributed by atoms with Crippen molar-refractivity contribution in [3.05, 3.63) is 41.0 Å². The lowest BCUT2D eigenvalue weighted by atomic mass is 10.0. The summed E-state index contributed by atoms with van der Waals surface area (Å²) in [5.41, 5.74) is 4.57. The highest BCUT2D eigenvalue weighted by molar-refractivity contribution is 7.13. The van der Waals surface area contributed by atoms with Crippen molar-refractivity contribution in [1.29, 1.82) is 0 Å². The number of amides is 1. The van der Waals surface area contributed by atoms with Crippen molar-refractivity contribution in [3.8, 4) is 10.4 Å². The molecule has 2 rings (SSSR count). The minimum absolute atomic E-state index is 0.138. The number of rotatable bonds is 5. The molecule has 1 aromatic carbocycles. The fourth-order valence-electron chi connectivity index (χ4n) is 2.50. The minimum Gasteiger partial charge on any atom is -0.444 e. The van der Waals surface area contributed by atoms with E-state index in [4.69, 9.17) is 4.74 Å². The lowest BCUT2D eigenvalue weighted by Gasteiger charge is -2.26. The number of aryl methyl sites for hydroxylation is 1. The normalized spacial score (nSPS) is 12.9. The highest BCUT2D eigenvalue weighted by atomic mass is 32.1. The maximum atomic E-state index is 12.2. The second-order valence-corrected chi connectivity index (χ2v) is 8.20. The van der Waals surface area contributed by atoms with Crippen molar-refractivity contribution in [2.45, 2.75) is 39.3 Å². The lowest BCUT2D eigenvalue weighted by Crippen LogP contribution is -2.38. The highest BCUT2D eigenvalue weighted by Gasteiger charge is 2.21. The summed E-state index contributed by atoms with van der Waals surface area (Å²) in [6, 6.07) is 8.13. The molecule has 0 unspecified atom stereocenters. The molecule has 0 saturated carbocycles. The van der Waals surface area contributed by atoms with Crippen LogP contribution < -0.4 is 5.32 Å². The van der Waals surface area contributed by atoms with E-state index in [9.17, 15) is 4.79 Å². The van der Waals surface area contributed by atoms with Crippen LogP contribution in [0.4, 0.5) is 4.79 Å². The molecule has 6 heteroatoms. The van der Waals surface area contributed by atoms with Crippen LogP contribution in [0.3, 0.4) is 0 Å². The number of thiazole rings is 1. The fourth-order valence-corrected chi connectivity index (χ4v) is 3.31. The van der Waals surface area contributed by atoms with E-state index in [0.717, 1.165) is 16.8 Å². The quantitative estimate of drug-likeness (QED) is 0.865. The van der Waals surface area contributed by atoms with Crippen molar-refractivity contribution >= 4 is 17.4 Å². The lowest BCUT2D eigenvalue weighted by molar-refractivity contribution is 0.0496. The first-order valence-electron chi connectivity index (χ1n) is 8.30. The molecule has 0 radical (unpaired) electrons. The van der Waals surface area contributed by atoms with E-state index in [1.807, 2.05) is 52.2 Å². The summed E-state index contributed by atoms with van der Waals surface area (Å²) in [7, 11) is 3.97. The molecule has 0 saturated heterocycles. The molecule has 1 amide bonds. The summed E-state index contributed by atoms with van der Waals surface area (Å²) in [4.78, 5) is 19.7. The monoisotopic (exact) mass is 361 g/mol. The molecule has 1 aromatic heterocycles. The number of benzene rings is 1. The number of alkyl carbamates (subject to hydrolysis) is 1. The third kappa shape index (κ3) is 5.83. The van der Waals surface area contributed by atoms with Crippen molar-refractivity contribution in [3.63, 3.8) is 0 Å². The Labute approximate surface area is 154 Å². The van der Waals surface area contributed by atoms with Crippen LogP contribution >= 0.6 is 11.3 Å². The zero-order valence-corrected chi connectivity index (χ0v) is 16.6. The Balaban J connectivity index is 2.17. The second-order valence-electron chi connectivity index (χ2n) is 7.35. The van der Waals surface area contributed by atoms with E-state index >= 15 is 0 Å². The Morgan fingerprint density at radius 2 is 1.92 bits per heavy atom. The summed E-state index contributed by atoms with van der Waals surface area (Å²) >= 11 is 1.64. The van der Waals surface area contributed by atoms with Crippen LogP contribution in [0.2, 0.25) is 0 Å². The topological polar surface area (TPSA) is 54.5 Å². The van der Waals surface area contributed by atoms with Crippen LogP contribution in [0, 0.1) is 6.92 Å². The van der Waals surface area contributed by atoms with E-state index in [0.29, 0.717) is 6.54 Å². The Morgan fingerprint density at radius 3 is 2.40 bits per heavy atom. The van der Waals surface area contributed by atoms with Gasteiger partial charge >= 0.3 is 6.09 Å². The van der Waals surface area contributed by atoms with Crippen molar-refractivity contribution in [1.82, 2.24) is 15.2 Å². The molecule has 1 atom stereocenters. The van der Waals surface area contributed by atoms with Crippen molar-refractivity contribution < 1.29 is 9.53 Å². The third-order valence-electron chi connectivity index (χ3n) is 3.56. The molecule has 1 N–H and O–H groups in total. The Morgan fingerprint density at radius 1 is 1.28 bits per heavy atom. The first kappa shape index (κ1) is 19.4. The van der Waals surface area contributed by atoms with E-state index < -0.39 is 11.7 Å². The summed E-state index contributed by atoms with van der Waals surface area (Å²) in [6.45, 7) is 8.29. The Kier molecular flexibility index (Phi) is 6.19. The first-order valence-corrected chi connectivity index (χ1v) is 9.18. The van der Waals surface area contributed by atoms with Gasteiger partial charge in [-0.15, -0.1) is 11.3 Å². The number of carbonyl (C=O) groups is 1. The predicted octanol–water partition coefficient (Wildman–Crippen LogP) is 4.25. The van der Waals surface area contributed by atoms with Crippen LogP contribution in [0.5, 0.6) is 0 Å². The molecule has 5 nitrogen and oxygen atoms in total. The van der Waals surface area contributed by atoms with Crippen molar-refractivity contribution in [2.75, 3.05) is 20.6 Å². The number of carbonyl (C=O) groups excluding carboxylic acids is 1. The van der Waals surface area contributed by atoms with Crippen LogP contribution in [0.25, 0.3) is 10.4 Å². The molecular formula is C19H27N3O2S. The molecule has 0 aliphatic rings. The maximum absolute atomic E-state index is 12.2. The smallest absolute Gasteiger partial charge is 0.408 e. The van der Waals surface area contributed by atoms with Gasteiger partial charge in [0.25, 0.3) is 0 Å². The molecule has 0 fully saturated rings. The molecule has 0 bridgehead atoms. The average molecular weight is 362 g/mol. The van der Waals surface area contributed by atoms with Gasteiger partial charge in [0.1, 0.15) is 5.60 Å². The second kappa shape index (κ2) is 7.97. The van der Waals surface area contributed by atoms with E-state index in [-0.39, 0.29) is 6.04 Å². The van der Waals surface area contributed by atoms with Gasteiger partial charge in [-0.1, -0.05) is 24.3 Å². The molecule has 0 aliphatic heterocycles. The minimum atomic E-state index is -0.514. The van der Waals surface area contributed by atoms with Crippen LogP contribution in [-0.2, 0) is 4.74 Å². The maximum Gasteiger partial charge on any atom is 0.408 e. The highest BCUT2D eigenvalue weighted by Crippen LogP contribution is 2.28. The van der Waals surface area contributed by atoms with Gasteiger partial charge in [-0.25, -0.2) is 9.78 Å². The summed E-state index contributed by atoms with van der Waals surface area (Å²) in [5, 5.41) is 2.97. The number of likely N-dealkylation sites (N-methyl/N-ethyl adjacent to an activating group) is 1. The van der Waals surface area contributed by atoms with E-state index in [1.54, 1.807) is 11.3 Å². The van der Waals surface area contributed by atoms with Crippen LogP contribution in [-0.4, -0.2) is 42.2 Å². The van der Waals surface area contributed by atoms with Gasteiger partial charge in [0.15, 0.2) is 0 Å². The number of hydrogen-bond donors (Lipinski definition) is 1. The fraction of sp³-hybridized carbons (Fsp3) is 0.474. The Hall–Kier alpha value is -1.92. The standard InChI is InChI=1S/C19H27N3O2S/c1-13-17(25-12-20-13)15-9-7-14(8-10-15)16(11-22(5)6)21-18(23)24-19(2,3)4/h7-10,12,16H,11H2,1-6H3,(H,21,23)/t16-/m0/s1. The van der Waals surface area contributed by atoms with E-state index in [1.165, 1.54) is 4.88 Å². The number of ether oxygens (including phenoxy) is 1. The Bertz CT molecular complexity index is 702. The van der Waals surface area contributed by atoms with Gasteiger partial charge in [0.2, 0.25) is 0 Å². The van der Waals surface area contributed by atoms with Gasteiger partial charge in [-0.3, -0.25) is 0 Å². The van der Waals surface area contributed by atoms with E-state index in [2.05, 4.69) is 34.6 Å². The number of nitrogens with zero attached hydrogens (tertiary/aromatic N) is 2. The number of nitrogens with one attached hydrogen (secondary N) is 1. The zero-order chi connectivity index (χ0) is 18.6. The van der Waals surface area contributed by atoms with Gasteiger partial charge < -0.3 is 15.0 Å². The summed E-state index contributed by atoms with van der Waals surface area (Å²) in [6.07, 6.45) is -0.401. The van der Waals surface area contributed by atoms with Crippen molar-refractivity contribution in [2.24, 2.45) is 0 Å². The molecule has 0 spiro atoms.